The summed E-state index contributed by atoms with van der Waals surface area (Å²) in [6.07, 6.45) is 0.914. The maximum atomic E-state index is 14.2. The molecule has 3 aromatic rings. The number of ketones is 2. The van der Waals surface area contributed by atoms with Gasteiger partial charge in [0.1, 0.15) is 30.3 Å². The Bertz CT molecular complexity index is 1310. The number of benzene rings is 1. The minimum absolute atomic E-state index is 0.00416. The summed E-state index contributed by atoms with van der Waals surface area (Å²) in [5, 5.41) is 4.76. The van der Waals surface area contributed by atoms with Crippen LogP contribution in [0, 0.1) is 5.41 Å². The van der Waals surface area contributed by atoms with Crippen molar-refractivity contribution in [3.8, 4) is 5.75 Å². The number of carbonyl (C=O) groups is 2. The number of ether oxygens (including phenoxy) is 1. The molecule has 0 spiro atoms. The third-order valence-corrected chi connectivity index (χ3v) is 5.58. The first kappa shape index (κ1) is 26.6. The number of methoxy groups -OCH3 is 1. The minimum atomic E-state index is -5.10. The Kier molecular flexibility index (Phi) is 7.24. The maximum absolute atomic E-state index is 14.2. The van der Waals surface area contributed by atoms with Gasteiger partial charge in [0, 0.05) is 28.6 Å². The van der Waals surface area contributed by atoms with Crippen molar-refractivity contribution in [2.75, 3.05) is 13.7 Å². The van der Waals surface area contributed by atoms with Gasteiger partial charge in [-0.2, -0.15) is 13.9 Å². The Morgan fingerprint density at radius 3 is 2.37 bits per heavy atom. The number of phosphoric ester groups is 1. The van der Waals surface area contributed by atoms with E-state index in [4.69, 9.17) is 14.5 Å². The van der Waals surface area contributed by atoms with Crippen molar-refractivity contribution in [3.05, 3.63) is 53.5 Å². The molecular weight excluding hydrogens is 487 g/mol. The van der Waals surface area contributed by atoms with E-state index in [1.165, 1.54) is 11.8 Å². The molecule has 13 heteroatoms. The number of Topliss-reactive ketones (excluding diaryl/α,β-unsaturated/α-hetero) is 1. The van der Waals surface area contributed by atoms with Gasteiger partial charge in [-0.1, -0.05) is 20.8 Å². The summed E-state index contributed by atoms with van der Waals surface area (Å²) in [4.78, 5) is 46.7. The van der Waals surface area contributed by atoms with Gasteiger partial charge in [-0.25, -0.2) is 4.57 Å². The highest BCUT2D eigenvalue weighted by molar-refractivity contribution is 7.46. The fourth-order valence-electron chi connectivity index (χ4n) is 3.06. The second kappa shape index (κ2) is 9.54. The van der Waals surface area contributed by atoms with Gasteiger partial charge in [0.05, 0.1) is 12.6 Å². The fraction of sp³-hybridized carbons (Fsp3) is 0.364. The topological polar surface area (TPSA) is 141 Å². The van der Waals surface area contributed by atoms with Crippen LogP contribution in [-0.2, 0) is 26.4 Å². The molecule has 2 aromatic heterocycles. The fourth-order valence-corrected chi connectivity index (χ4v) is 3.39. The summed E-state index contributed by atoms with van der Waals surface area (Å²) < 4.78 is 49.6. The van der Waals surface area contributed by atoms with Crippen LogP contribution in [0.4, 0.5) is 8.78 Å². The average molecular weight is 511 g/mol. The third kappa shape index (κ3) is 6.15. The van der Waals surface area contributed by atoms with E-state index in [-0.39, 0.29) is 23.6 Å². The number of hydrogen-bond acceptors (Lipinski definition) is 7. The Morgan fingerprint density at radius 1 is 1.14 bits per heavy atom. The molecular formula is C22H24F2N3O7P. The zero-order valence-corrected chi connectivity index (χ0v) is 20.3. The van der Waals surface area contributed by atoms with Crippen molar-refractivity contribution in [2.24, 2.45) is 5.41 Å². The zero-order chi connectivity index (χ0) is 26.2. The van der Waals surface area contributed by atoms with E-state index in [1.54, 1.807) is 39.0 Å². The summed E-state index contributed by atoms with van der Waals surface area (Å²) in [7, 11) is -3.63. The van der Waals surface area contributed by atoms with Crippen molar-refractivity contribution >= 4 is 30.3 Å². The van der Waals surface area contributed by atoms with Crippen LogP contribution in [-0.4, -0.2) is 49.8 Å². The van der Waals surface area contributed by atoms with E-state index in [0.717, 1.165) is 18.3 Å². The number of hydrogen-bond donors (Lipinski definition) is 2. The second-order valence-electron chi connectivity index (χ2n) is 8.79. The van der Waals surface area contributed by atoms with Gasteiger partial charge in [-0.05, 0) is 24.3 Å². The van der Waals surface area contributed by atoms with Crippen molar-refractivity contribution in [1.82, 2.24) is 14.8 Å². The molecule has 0 amide bonds. The van der Waals surface area contributed by atoms with E-state index in [2.05, 4.69) is 14.6 Å². The van der Waals surface area contributed by atoms with E-state index < -0.39 is 37.2 Å². The third-order valence-electron chi connectivity index (χ3n) is 5.12. The summed E-state index contributed by atoms with van der Waals surface area (Å²) in [6.45, 7) is 3.62. The molecule has 0 bridgehead atoms. The molecule has 188 valence electrons. The Balaban J connectivity index is 1.96. The van der Waals surface area contributed by atoms with Crippen LogP contribution in [0.5, 0.6) is 5.75 Å². The molecule has 0 unspecified atom stereocenters. The first-order valence-corrected chi connectivity index (χ1v) is 11.8. The van der Waals surface area contributed by atoms with Gasteiger partial charge in [-0.15, -0.1) is 0 Å². The number of alkyl halides is 2. The van der Waals surface area contributed by atoms with Crippen LogP contribution in [0.25, 0.3) is 10.9 Å². The Morgan fingerprint density at radius 2 is 1.83 bits per heavy atom. The molecule has 10 nitrogen and oxygen atoms in total. The molecule has 0 fully saturated rings. The summed E-state index contributed by atoms with van der Waals surface area (Å²) in [6, 6.07) is 6.84. The minimum Gasteiger partial charge on any atom is -0.497 e. The predicted octanol–water partition coefficient (Wildman–Crippen LogP) is 3.49. The highest BCUT2D eigenvalue weighted by Crippen LogP contribution is 2.40. The molecule has 0 radical (unpaired) electrons. The van der Waals surface area contributed by atoms with E-state index in [1.807, 2.05) is 0 Å². The summed E-state index contributed by atoms with van der Waals surface area (Å²) in [5.74, 6) is -4.04. The van der Waals surface area contributed by atoms with Gasteiger partial charge in [0.2, 0.25) is 5.78 Å². The van der Waals surface area contributed by atoms with Crippen molar-refractivity contribution < 1.29 is 42.0 Å². The monoisotopic (exact) mass is 511 g/mol. The van der Waals surface area contributed by atoms with Crippen LogP contribution in [0.15, 0.2) is 36.5 Å². The van der Waals surface area contributed by atoms with Gasteiger partial charge in [-0.3, -0.25) is 23.8 Å². The quantitative estimate of drug-likeness (QED) is 0.326. The summed E-state index contributed by atoms with van der Waals surface area (Å²) >= 11 is 0. The zero-order valence-electron chi connectivity index (χ0n) is 19.4. The SMILES string of the molecule is COc1ccc2c(C(=O)c3ccc(C(F)(F)COP(=O)(O)O)nc3)nn(CC(=O)C(C)(C)C)c2c1. The van der Waals surface area contributed by atoms with Gasteiger partial charge in [0.25, 0.3) is 0 Å². The molecule has 35 heavy (non-hydrogen) atoms. The van der Waals surface area contributed by atoms with Crippen LogP contribution >= 0.6 is 7.82 Å². The number of rotatable bonds is 9. The number of fused-ring (bicyclic) bond motifs is 1. The highest BCUT2D eigenvalue weighted by atomic mass is 31.2. The molecule has 0 aliphatic carbocycles. The number of halogens is 2. The van der Waals surface area contributed by atoms with Crippen molar-refractivity contribution in [1.29, 1.82) is 0 Å². The molecule has 3 rings (SSSR count). The van der Waals surface area contributed by atoms with Crippen molar-refractivity contribution in [3.63, 3.8) is 0 Å². The van der Waals surface area contributed by atoms with E-state index >= 15 is 0 Å². The average Bonchev–Trinajstić information content (AvgIpc) is 3.13. The Hall–Kier alpha value is -3.05. The lowest BCUT2D eigenvalue weighted by atomic mass is 9.91. The normalized spacial score (nSPS) is 12.7. The summed E-state index contributed by atoms with van der Waals surface area (Å²) in [5.41, 5.74) is -1.05. The van der Waals surface area contributed by atoms with Crippen molar-refractivity contribution in [2.45, 2.75) is 33.2 Å². The second-order valence-corrected chi connectivity index (χ2v) is 10.0. The highest BCUT2D eigenvalue weighted by Gasteiger charge is 2.37. The Labute approximate surface area is 199 Å². The molecule has 2 N–H and O–H groups in total. The molecule has 2 heterocycles. The molecule has 0 saturated carbocycles. The lowest BCUT2D eigenvalue weighted by molar-refractivity contribution is -0.127. The van der Waals surface area contributed by atoms with Gasteiger partial charge < -0.3 is 14.5 Å². The van der Waals surface area contributed by atoms with Crippen LogP contribution in [0.2, 0.25) is 0 Å². The smallest absolute Gasteiger partial charge is 0.469 e. The first-order chi connectivity index (χ1) is 16.1. The van der Waals surface area contributed by atoms with Crippen LogP contribution in [0.1, 0.15) is 42.5 Å². The largest absolute Gasteiger partial charge is 0.497 e. The standard InChI is InChI=1S/C22H24F2N3O7P/c1-21(2,3)18(28)11-27-16-9-14(33-4)6-7-15(16)19(26-27)20(29)13-5-8-17(25-10-13)22(23,24)12-34-35(30,31)32/h5-10H,11-12H2,1-4H3,(H2,30,31,32). The van der Waals surface area contributed by atoms with Crippen LogP contribution in [0.3, 0.4) is 0 Å². The van der Waals surface area contributed by atoms with Crippen LogP contribution < -0.4 is 4.74 Å². The number of phosphoric acid groups is 1. The predicted molar refractivity (Wildman–Crippen MR) is 120 cm³/mol. The lowest BCUT2D eigenvalue weighted by Crippen LogP contribution is -2.25. The molecule has 0 atom stereocenters. The van der Waals surface area contributed by atoms with Gasteiger partial charge >= 0.3 is 13.7 Å². The molecule has 1 aromatic carbocycles. The molecule has 0 aliphatic rings. The van der Waals surface area contributed by atoms with E-state index in [9.17, 15) is 22.9 Å². The molecule has 0 saturated heterocycles. The molecule has 0 aliphatic heterocycles. The number of carbonyl (C=O) groups excluding carboxylic acids is 2. The van der Waals surface area contributed by atoms with Gasteiger partial charge in [0.15, 0.2) is 5.78 Å². The number of pyridine rings is 1. The maximum Gasteiger partial charge on any atom is 0.469 e. The van der Waals surface area contributed by atoms with E-state index in [0.29, 0.717) is 16.7 Å². The lowest BCUT2D eigenvalue weighted by Gasteiger charge is -2.16. The number of aromatic nitrogens is 3. The number of nitrogens with zero attached hydrogens (tertiary/aromatic N) is 3. The first-order valence-electron chi connectivity index (χ1n) is 10.3.